The third kappa shape index (κ3) is 5.13. The first kappa shape index (κ1) is 15.4. The molecular weight excluding hydrogens is 295 g/mol. The van der Waals surface area contributed by atoms with Crippen molar-refractivity contribution in [1.82, 2.24) is 20.3 Å². The van der Waals surface area contributed by atoms with Gasteiger partial charge in [0.2, 0.25) is 17.2 Å². The fourth-order valence-corrected chi connectivity index (χ4v) is 1.78. The summed E-state index contributed by atoms with van der Waals surface area (Å²) in [5, 5.41) is 9.15. The van der Waals surface area contributed by atoms with Gasteiger partial charge in [0, 0.05) is 18.8 Å². The maximum Gasteiger partial charge on any atom is 0.233 e. The highest BCUT2D eigenvalue weighted by Gasteiger charge is 2.05. The number of likely N-dealkylation sites (N-methyl/N-ethyl adjacent to an activating group) is 1. The van der Waals surface area contributed by atoms with Crippen LogP contribution in [0.5, 0.6) is 0 Å². The van der Waals surface area contributed by atoms with Gasteiger partial charge in [-0.1, -0.05) is 13.0 Å². The van der Waals surface area contributed by atoms with Gasteiger partial charge in [-0.2, -0.15) is 15.0 Å². The Bertz CT molecular complexity index is 595. The maximum atomic E-state index is 13.1. The largest absolute Gasteiger partial charge is 0.353 e. The molecule has 0 bridgehead atoms. The summed E-state index contributed by atoms with van der Waals surface area (Å²) in [7, 11) is 0. The molecular formula is C13H16ClFN6. The quantitative estimate of drug-likeness (QED) is 0.682. The zero-order chi connectivity index (χ0) is 15.1. The Morgan fingerprint density at radius 3 is 2.71 bits per heavy atom. The predicted molar refractivity (Wildman–Crippen MR) is 81.6 cm³/mol. The monoisotopic (exact) mass is 310 g/mol. The SMILES string of the molecule is CCNCCNc1nc(Cl)nc(Nc2cccc(F)c2)n1. The molecule has 0 spiro atoms. The molecule has 21 heavy (non-hydrogen) atoms. The van der Waals surface area contributed by atoms with Crippen molar-refractivity contribution in [1.29, 1.82) is 0 Å². The van der Waals surface area contributed by atoms with E-state index in [4.69, 9.17) is 11.6 Å². The van der Waals surface area contributed by atoms with E-state index in [2.05, 4.69) is 30.9 Å². The number of hydrogen-bond acceptors (Lipinski definition) is 6. The Balaban J connectivity index is 2.04. The van der Waals surface area contributed by atoms with Gasteiger partial charge in [-0.3, -0.25) is 0 Å². The molecule has 0 saturated heterocycles. The normalized spacial score (nSPS) is 10.4. The van der Waals surface area contributed by atoms with Crippen LogP contribution >= 0.6 is 11.6 Å². The number of halogens is 2. The third-order valence-electron chi connectivity index (χ3n) is 2.52. The zero-order valence-electron chi connectivity index (χ0n) is 11.5. The second kappa shape index (κ2) is 7.70. The smallest absolute Gasteiger partial charge is 0.233 e. The van der Waals surface area contributed by atoms with E-state index in [9.17, 15) is 4.39 Å². The highest BCUT2D eigenvalue weighted by atomic mass is 35.5. The average Bonchev–Trinajstić information content (AvgIpc) is 2.43. The van der Waals surface area contributed by atoms with Gasteiger partial charge in [0.05, 0.1) is 0 Å². The molecule has 0 atom stereocenters. The number of rotatable bonds is 7. The van der Waals surface area contributed by atoms with Gasteiger partial charge in [0.15, 0.2) is 0 Å². The first-order valence-electron chi connectivity index (χ1n) is 6.56. The lowest BCUT2D eigenvalue weighted by Crippen LogP contribution is -2.22. The molecule has 2 aromatic rings. The second-order valence-corrected chi connectivity index (χ2v) is 4.51. The topological polar surface area (TPSA) is 74.8 Å². The Morgan fingerprint density at radius 2 is 1.95 bits per heavy atom. The molecule has 0 aliphatic carbocycles. The molecule has 2 rings (SSSR count). The van der Waals surface area contributed by atoms with Gasteiger partial charge >= 0.3 is 0 Å². The standard InChI is InChI=1S/C13H16ClFN6/c1-2-16-6-7-17-12-19-11(14)20-13(21-12)18-10-5-3-4-9(15)8-10/h3-5,8,16H,2,6-7H2,1H3,(H2,17,18,19,20,21). The van der Waals surface area contributed by atoms with E-state index in [1.807, 2.05) is 6.92 Å². The lowest BCUT2D eigenvalue weighted by Gasteiger charge is -2.08. The highest BCUT2D eigenvalue weighted by Crippen LogP contribution is 2.16. The summed E-state index contributed by atoms with van der Waals surface area (Å²) in [6.45, 7) is 4.37. The molecule has 0 amide bonds. The van der Waals surface area contributed by atoms with E-state index < -0.39 is 0 Å². The lowest BCUT2D eigenvalue weighted by molar-refractivity contribution is 0.628. The van der Waals surface area contributed by atoms with Crippen LogP contribution in [0.25, 0.3) is 0 Å². The Hall–Kier alpha value is -1.99. The van der Waals surface area contributed by atoms with Crippen LogP contribution in [0.2, 0.25) is 5.28 Å². The van der Waals surface area contributed by atoms with E-state index in [1.165, 1.54) is 12.1 Å². The average molecular weight is 311 g/mol. The summed E-state index contributed by atoms with van der Waals surface area (Å²) >= 11 is 5.86. The number of nitrogens with one attached hydrogen (secondary N) is 3. The van der Waals surface area contributed by atoms with E-state index >= 15 is 0 Å². The third-order valence-corrected chi connectivity index (χ3v) is 2.69. The number of hydrogen-bond donors (Lipinski definition) is 3. The molecule has 1 aromatic heterocycles. The van der Waals surface area contributed by atoms with Crippen molar-refractivity contribution >= 4 is 29.2 Å². The first-order chi connectivity index (χ1) is 10.2. The van der Waals surface area contributed by atoms with Gasteiger partial charge in [0.25, 0.3) is 0 Å². The number of nitrogens with zero attached hydrogens (tertiary/aromatic N) is 3. The molecule has 0 aliphatic rings. The van der Waals surface area contributed by atoms with Crippen LogP contribution in [-0.2, 0) is 0 Å². The van der Waals surface area contributed by atoms with Crippen molar-refractivity contribution in [3.8, 4) is 0 Å². The summed E-state index contributed by atoms with van der Waals surface area (Å²) < 4.78 is 13.1. The number of anilines is 3. The van der Waals surface area contributed by atoms with E-state index in [1.54, 1.807) is 12.1 Å². The van der Waals surface area contributed by atoms with Crippen LogP contribution in [0, 0.1) is 5.82 Å². The summed E-state index contributed by atoms with van der Waals surface area (Å²) in [5.41, 5.74) is 0.538. The highest BCUT2D eigenvalue weighted by molar-refractivity contribution is 6.28. The fraction of sp³-hybridized carbons (Fsp3) is 0.308. The molecule has 0 radical (unpaired) electrons. The Labute approximate surface area is 127 Å². The van der Waals surface area contributed by atoms with E-state index in [-0.39, 0.29) is 17.0 Å². The van der Waals surface area contributed by atoms with Crippen LogP contribution in [0.15, 0.2) is 24.3 Å². The van der Waals surface area contributed by atoms with Gasteiger partial charge in [-0.05, 0) is 36.3 Å². The molecule has 3 N–H and O–H groups in total. The minimum Gasteiger partial charge on any atom is -0.353 e. The van der Waals surface area contributed by atoms with Gasteiger partial charge in [-0.25, -0.2) is 4.39 Å². The van der Waals surface area contributed by atoms with Crippen molar-refractivity contribution in [2.24, 2.45) is 0 Å². The molecule has 1 heterocycles. The molecule has 0 saturated carbocycles. The predicted octanol–water partition coefficient (Wildman–Crippen LogP) is 2.43. The van der Waals surface area contributed by atoms with Crippen LogP contribution in [-0.4, -0.2) is 34.6 Å². The van der Waals surface area contributed by atoms with Crippen LogP contribution in [0.4, 0.5) is 22.0 Å². The minimum atomic E-state index is -0.343. The van der Waals surface area contributed by atoms with Crippen LogP contribution in [0.1, 0.15) is 6.92 Å². The summed E-state index contributed by atoms with van der Waals surface area (Å²) in [6, 6.07) is 6.00. The number of aromatic nitrogens is 3. The van der Waals surface area contributed by atoms with E-state index in [0.29, 0.717) is 18.2 Å². The van der Waals surface area contributed by atoms with Crippen molar-refractivity contribution in [3.63, 3.8) is 0 Å². The van der Waals surface area contributed by atoms with Gasteiger partial charge in [-0.15, -0.1) is 0 Å². The maximum absolute atomic E-state index is 13.1. The zero-order valence-corrected chi connectivity index (χ0v) is 12.3. The molecule has 0 unspecified atom stereocenters. The van der Waals surface area contributed by atoms with E-state index in [0.717, 1.165) is 13.1 Å². The molecule has 1 aromatic carbocycles. The van der Waals surface area contributed by atoms with Gasteiger partial charge < -0.3 is 16.0 Å². The molecule has 0 aliphatic heterocycles. The Kier molecular flexibility index (Phi) is 5.65. The van der Waals surface area contributed by atoms with Crippen LogP contribution < -0.4 is 16.0 Å². The molecule has 112 valence electrons. The first-order valence-corrected chi connectivity index (χ1v) is 6.94. The summed E-state index contributed by atoms with van der Waals surface area (Å²) in [5.74, 6) is 0.280. The minimum absolute atomic E-state index is 0.0647. The van der Waals surface area contributed by atoms with Crippen molar-refractivity contribution < 1.29 is 4.39 Å². The molecule has 0 fully saturated rings. The molecule has 6 nitrogen and oxygen atoms in total. The summed E-state index contributed by atoms with van der Waals surface area (Å²) in [4.78, 5) is 12.1. The summed E-state index contributed by atoms with van der Waals surface area (Å²) in [6.07, 6.45) is 0. The van der Waals surface area contributed by atoms with Crippen molar-refractivity contribution in [3.05, 3.63) is 35.4 Å². The molecule has 8 heteroatoms. The van der Waals surface area contributed by atoms with Gasteiger partial charge in [0.1, 0.15) is 5.82 Å². The van der Waals surface area contributed by atoms with Crippen LogP contribution in [0.3, 0.4) is 0 Å². The Morgan fingerprint density at radius 1 is 1.14 bits per heavy atom. The van der Waals surface area contributed by atoms with Crippen molar-refractivity contribution in [2.45, 2.75) is 6.92 Å². The lowest BCUT2D eigenvalue weighted by atomic mass is 10.3. The second-order valence-electron chi connectivity index (χ2n) is 4.17. The fourth-order valence-electron chi connectivity index (χ4n) is 1.62. The number of benzene rings is 1. The van der Waals surface area contributed by atoms with Crippen molar-refractivity contribution in [2.75, 3.05) is 30.3 Å².